The highest BCUT2D eigenvalue weighted by Gasteiger charge is 2.35. The molecule has 2 fully saturated rings. The molecule has 2 aliphatic rings. The van der Waals surface area contributed by atoms with E-state index in [0.717, 1.165) is 0 Å². The van der Waals surface area contributed by atoms with Crippen molar-refractivity contribution in [1.82, 2.24) is 19.8 Å². The van der Waals surface area contributed by atoms with Crippen LogP contribution in [0.15, 0.2) is 23.1 Å². The van der Waals surface area contributed by atoms with Crippen molar-refractivity contribution in [2.24, 2.45) is 0 Å². The number of imide groups is 1. The lowest BCUT2D eigenvalue weighted by molar-refractivity contribution is -0.134. The number of carbonyl (C=O) groups is 3. The van der Waals surface area contributed by atoms with Crippen molar-refractivity contribution < 1.29 is 22.8 Å². The molecule has 0 spiro atoms. The van der Waals surface area contributed by atoms with Gasteiger partial charge in [-0.25, -0.2) is 13.2 Å². The molecule has 2 N–H and O–H groups in total. The number of urea groups is 1. The molecule has 1 aromatic carbocycles. The smallest absolute Gasteiger partial charge is 0.322 e. The molecule has 0 unspecified atom stereocenters. The van der Waals surface area contributed by atoms with Gasteiger partial charge in [0.25, 0.3) is 5.91 Å². The Hall–Kier alpha value is -1.88. The first kappa shape index (κ1) is 19.9. The van der Waals surface area contributed by atoms with Crippen molar-refractivity contribution in [2.75, 3.05) is 26.2 Å². The fourth-order valence-corrected chi connectivity index (χ4v) is 5.06. The van der Waals surface area contributed by atoms with Crippen molar-refractivity contribution in [1.29, 1.82) is 0 Å². The minimum absolute atomic E-state index is 0.0411. The molecule has 2 saturated heterocycles. The third-order valence-corrected chi connectivity index (χ3v) is 7.23. The molecule has 4 amide bonds. The van der Waals surface area contributed by atoms with E-state index in [2.05, 4.69) is 10.6 Å². The summed E-state index contributed by atoms with van der Waals surface area (Å²) in [6, 6.07) is 2.84. The second-order valence-electron chi connectivity index (χ2n) is 6.06. The number of rotatable bonds is 4. The summed E-state index contributed by atoms with van der Waals surface area (Å²) in [7, 11) is -3.84. The summed E-state index contributed by atoms with van der Waals surface area (Å²) in [6.45, 7) is 0.497. The molecule has 3 rings (SSSR count). The van der Waals surface area contributed by atoms with Gasteiger partial charge in [-0.15, -0.1) is 0 Å². The Morgan fingerprint density at radius 3 is 2.41 bits per heavy atom. The number of nitrogens with one attached hydrogen (secondary N) is 2. The number of hydrogen-bond donors (Lipinski definition) is 2. The Morgan fingerprint density at radius 2 is 1.81 bits per heavy atom. The highest BCUT2D eigenvalue weighted by Crippen LogP contribution is 2.31. The van der Waals surface area contributed by atoms with Gasteiger partial charge in [0.05, 0.1) is 16.5 Å². The number of benzene rings is 1. The molecule has 146 valence electrons. The maximum absolute atomic E-state index is 12.8. The number of sulfonamides is 1. The number of carbonyl (C=O) groups excluding carboxylic acids is 3. The van der Waals surface area contributed by atoms with Gasteiger partial charge in [-0.1, -0.05) is 29.3 Å². The van der Waals surface area contributed by atoms with Crippen LogP contribution in [0.2, 0.25) is 10.0 Å². The molecule has 1 aromatic rings. The normalized spacial score (nSPS) is 21.1. The molecule has 0 aromatic heterocycles. The summed E-state index contributed by atoms with van der Waals surface area (Å²) in [5.74, 6) is -0.889. The van der Waals surface area contributed by atoms with Crippen LogP contribution in [0.25, 0.3) is 0 Å². The first-order valence-corrected chi connectivity index (χ1v) is 10.2. The molecule has 2 heterocycles. The van der Waals surface area contributed by atoms with Crippen LogP contribution in [0, 0.1) is 0 Å². The fourth-order valence-electron chi connectivity index (χ4n) is 2.91. The van der Waals surface area contributed by atoms with E-state index in [-0.39, 0.29) is 53.4 Å². The van der Waals surface area contributed by atoms with E-state index in [1.807, 2.05) is 0 Å². The van der Waals surface area contributed by atoms with Crippen LogP contribution in [0.1, 0.15) is 6.42 Å². The van der Waals surface area contributed by atoms with E-state index in [4.69, 9.17) is 23.2 Å². The van der Waals surface area contributed by atoms with Gasteiger partial charge >= 0.3 is 6.03 Å². The van der Waals surface area contributed by atoms with Gasteiger partial charge in [0, 0.05) is 26.2 Å². The Kier molecular flexibility index (Phi) is 5.61. The van der Waals surface area contributed by atoms with Gasteiger partial charge in [-0.3, -0.25) is 14.9 Å². The SMILES string of the molecule is O=C1NC(=O)[C@H](CC(=O)N2CCN(S(=O)(=O)c3cccc(Cl)c3Cl)CC2)N1. The lowest BCUT2D eigenvalue weighted by Gasteiger charge is -2.34. The maximum atomic E-state index is 12.8. The van der Waals surface area contributed by atoms with Crippen LogP contribution in [-0.2, 0) is 19.6 Å². The topological polar surface area (TPSA) is 116 Å². The van der Waals surface area contributed by atoms with E-state index >= 15 is 0 Å². The molecular formula is C15H16Cl2N4O5S. The average Bonchev–Trinajstić information content (AvgIpc) is 2.94. The monoisotopic (exact) mass is 434 g/mol. The summed E-state index contributed by atoms with van der Waals surface area (Å²) < 4.78 is 26.8. The van der Waals surface area contributed by atoms with Crippen molar-refractivity contribution in [3.8, 4) is 0 Å². The summed E-state index contributed by atoms with van der Waals surface area (Å²) in [5.41, 5.74) is 0. The van der Waals surface area contributed by atoms with Gasteiger partial charge in [0.2, 0.25) is 15.9 Å². The molecule has 2 aliphatic heterocycles. The second kappa shape index (κ2) is 7.63. The van der Waals surface area contributed by atoms with E-state index in [1.54, 1.807) is 0 Å². The highest BCUT2D eigenvalue weighted by atomic mass is 35.5. The second-order valence-corrected chi connectivity index (χ2v) is 8.75. The van der Waals surface area contributed by atoms with Crippen molar-refractivity contribution in [3.05, 3.63) is 28.2 Å². The molecule has 9 nitrogen and oxygen atoms in total. The van der Waals surface area contributed by atoms with Crippen molar-refractivity contribution in [2.45, 2.75) is 17.4 Å². The Labute approximate surface area is 165 Å². The van der Waals surface area contributed by atoms with E-state index in [9.17, 15) is 22.8 Å². The Morgan fingerprint density at radius 1 is 1.15 bits per heavy atom. The summed E-state index contributed by atoms with van der Waals surface area (Å²) in [5, 5.41) is 4.52. The largest absolute Gasteiger partial charge is 0.340 e. The summed E-state index contributed by atoms with van der Waals surface area (Å²) >= 11 is 11.9. The van der Waals surface area contributed by atoms with Gasteiger partial charge in [-0.2, -0.15) is 4.31 Å². The summed E-state index contributed by atoms with van der Waals surface area (Å²) in [4.78, 5) is 36.3. The molecule has 0 bridgehead atoms. The third-order valence-electron chi connectivity index (χ3n) is 4.36. The zero-order valence-corrected chi connectivity index (χ0v) is 16.3. The first-order valence-electron chi connectivity index (χ1n) is 8.03. The summed E-state index contributed by atoms with van der Waals surface area (Å²) in [6.07, 6.45) is -0.176. The van der Waals surface area contributed by atoms with Gasteiger partial charge < -0.3 is 10.2 Å². The van der Waals surface area contributed by atoms with Crippen molar-refractivity contribution in [3.63, 3.8) is 0 Å². The number of nitrogens with zero attached hydrogens (tertiary/aromatic N) is 2. The Balaban J connectivity index is 1.63. The molecular weight excluding hydrogens is 419 g/mol. The Bertz CT molecular complexity index is 899. The van der Waals surface area contributed by atoms with Crippen LogP contribution in [0.4, 0.5) is 4.79 Å². The zero-order chi connectivity index (χ0) is 19.8. The van der Waals surface area contributed by atoms with Gasteiger partial charge in [0.1, 0.15) is 10.9 Å². The van der Waals surface area contributed by atoms with Crippen LogP contribution in [0.5, 0.6) is 0 Å². The van der Waals surface area contributed by atoms with Crippen LogP contribution in [0.3, 0.4) is 0 Å². The van der Waals surface area contributed by atoms with E-state index in [0.29, 0.717) is 0 Å². The quantitative estimate of drug-likeness (QED) is 0.666. The average molecular weight is 435 g/mol. The molecule has 1 atom stereocenters. The predicted molar refractivity (Wildman–Crippen MR) is 96.9 cm³/mol. The molecule has 0 aliphatic carbocycles. The maximum Gasteiger partial charge on any atom is 0.322 e. The number of halogens is 2. The number of piperazine rings is 1. The minimum atomic E-state index is -3.84. The van der Waals surface area contributed by atoms with Crippen LogP contribution >= 0.6 is 23.2 Å². The number of hydrogen-bond acceptors (Lipinski definition) is 5. The van der Waals surface area contributed by atoms with Gasteiger partial charge in [-0.05, 0) is 12.1 Å². The van der Waals surface area contributed by atoms with E-state index in [1.165, 1.54) is 27.4 Å². The fraction of sp³-hybridized carbons (Fsp3) is 0.400. The third kappa shape index (κ3) is 4.03. The number of amides is 4. The van der Waals surface area contributed by atoms with E-state index < -0.39 is 28.0 Å². The predicted octanol–water partition coefficient (Wildman–Crippen LogP) is 0.424. The minimum Gasteiger partial charge on any atom is -0.340 e. The standard InChI is InChI=1S/C15H16Cl2N4O5S/c16-9-2-1-3-11(13(9)17)27(25,26)21-6-4-20(5-7-21)12(22)8-10-14(23)19-15(24)18-10/h1-3,10H,4-8H2,(H2,18,19,23,24)/t10-/m0/s1. The zero-order valence-electron chi connectivity index (χ0n) is 13.9. The lowest BCUT2D eigenvalue weighted by atomic mass is 10.2. The molecule has 0 radical (unpaired) electrons. The lowest BCUT2D eigenvalue weighted by Crippen LogP contribution is -2.51. The molecule has 12 heteroatoms. The van der Waals surface area contributed by atoms with Crippen molar-refractivity contribution >= 4 is 51.1 Å². The van der Waals surface area contributed by atoms with Gasteiger partial charge in [0.15, 0.2) is 0 Å². The first-order chi connectivity index (χ1) is 12.7. The van der Waals surface area contributed by atoms with Crippen LogP contribution < -0.4 is 10.6 Å². The molecule has 27 heavy (non-hydrogen) atoms. The van der Waals surface area contributed by atoms with Crippen LogP contribution in [-0.4, -0.2) is 67.7 Å². The molecule has 0 saturated carbocycles. The highest BCUT2D eigenvalue weighted by molar-refractivity contribution is 7.89.